The van der Waals surface area contributed by atoms with Crippen molar-refractivity contribution in [3.63, 3.8) is 0 Å². The zero-order chi connectivity index (χ0) is 12.6. The Morgan fingerprint density at radius 2 is 1.81 bits per heavy atom. The molecule has 0 aromatic heterocycles. The van der Waals surface area contributed by atoms with E-state index in [2.05, 4.69) is 0 Å². The van der Waals surface area contributed by atoms with Gasteiger partial charge in [0.05, 0.1) is 7.11 Å². The lowest BCUT2D eigenvalue weighted by atomic mass is 10.0. The molecule has 0 aliphatic heterocycles. The summed E-state index contributed by atoms with van der Waals surface area (Å²) >= 11 is 0. The average Bonchev–Trinajstić information content (AvgIpc) is 2.34. The molecule has 0 radical (unpaired) electrons. The highest BCUT2D eigenvalue weighted by atomic mass is 16.5. The van der Waals surface area contributed by atoms with Crippen LogP contribution in [0.4, 0.5) is 0 Å². The van der Waals surface area contributed by atoms with Crippen LogP contribution in [0.3, 0.4) is 0 Å². The van der Waals surface area contributed by atoms with Gasteiger partial charge in [-0.15, -0.1) is 0 Å². The van der Waals surface area contributed by atoms with Crippen LogP contribution in [-0.2, 0) is 9.59 Å². The molecule has 0 N–H and O–H groups in total. The van der Waals surface area contributed by atoms with Crippen LogP contribution in [0.5, 0.6) is 5.75 Å². The highest BCUT2D eigenvalue weighted by molar-refractivity contribution is 5.75. The Morgan fingerprint density at radius 1 is 1.19 bits per heavy atom. The molecule has 0 spiro atoms. The van der Waals surface area contributed by atoms with Gasteiger partial charge in [0, 0.05) is 0 Å². The Morgan fingerprint density at radius 3 is 2.31 bits per heavy atom. The maximum atomic E-state index is 10.2. The molecule has 0 aliphatic rings. The Bertz CT molecular complexity index is 381. The molecule has 0 heterocycles. The van der Waals surface area contributed by atoms with Crippen molar-refractivity contribution >= 4 is 19.2 Å². The Balaban J connectivity index is 0.00000106. The van der Waals surface area contributed by atoms with E-state index in [1.807, 2.05) is 32.8 Å². The van der Waals surface area contributed by atoms with Gasteiger partial charge in [-0.3, -0.25) is 4.79 Å². The van der Waals surface area contributed by atoms with Gasteiger partial charge in [-0.2, -0.15) is 0 Å². The monoisotopic (exact) mass is 220 g/mol. The number of allylic oxidation sites excluding steroid dienone is 1. The van der Waals surface area contributed by atoms with E-state index in [4.69, 9.17) is 9.53 Å². The number of benzene rings is 1. The maximum Gasteiger partial charge on any atom is 0.142 e. The van der Waals surface area contributed by atoms with Gasteiger partial charge >= 0.3 is 0 Å². The number of ether oxygens (including phenoxy) is 1. The summed E-state index contributed by atoms with van der Waals surface area (Å²) in [6.45, 7) is 6.02. The first-order valence-electron chi connectivity index (χ1n) is 4.75. The number of hydrogen-bond acceptors (Lipinski definition) is 3. The van der Waals surface area contributed by atoms with Gasteiger partial charge in [-0.1, -0.05) is 12.1 Å². The van der Waals surface area contributed by atoms with E-state index in [0.29, 0.717) is 0 Å². The topological polar surface area (TPSA) is 43.4 Å². The van der Waals surface area contributed by atoms with Gasteiger partial charge in [0.1, 0.15) is 18.8 Å². The molecule has 16 heavy (non-hydrogen) atoms. The lowest BCUT2D eigenvalue weighted by Crippen LogP contribution is -1.92. The Kier molecular flexibility index (Phi) is 6.52. The van der Waals surface area contributed by atoms with Gasteiger partial charge in [0.25, 0.3) is 0 Å². The number of rotatable bonds is 3. The van der Waals surface area contributed by atoms with Gasteiger partial charge in [-0.05, 0) is 42.7 Å². The zero-order valence-electron chi connectivity index (χ0n) is 9.82. The molecule has 1 aromatic rings. The molecule has 0 unspecified atom stereocenters. The van der Waals surface area contributed by atoms with Crippen LogP contribution in [0.25, 0.3) is 6.08 Å². The number of aldehydes is 1. The Labute approximate surface area is 95.7 Å². The number of carbonyl (C=O) groups excluding carboxylic acids is 2. The van der Waals surface area contributed by atoms with Gasteiger partial charge in [0.2, 0.25) is 0 Å². The summed E-state index contributed by atoms with van der Waals surface area (Å²) < 4.78 is 5.19. The van der Waals surface area contributed by atoms with Crippen molar-refractivity contribution in [2.45, 2.75) is 13.8 Å². The third kappa shape index (κ3) is 3.35. The Hall–Kier alpha value is -1.90. The van der Waals surface area contributed by atoms with Crippen molar-refractivity contribution in [1.29, 1.82) is 0 Å². The molecular weight excluding hydrogens is 204 g/mol. The normalized spacial score (nSPS) is 9.44. The number of carbonyl (C=O) groups is 2. The van der Waals surface area contributed by atoms with E-state index in [9.17, 15) is 4.79 Å². The molecule has 0 aliphatic carbocycles. The largest absolute Gasteiger partial charge is 0.496 e. The van der Waals surface area contributed by atoms with Crippen LogP contribution in [0, 0.1) is 13.8 Å². The average molecular weight is 220 g/mol. The molecular formula is C13H16O3. The molecule has 0 saturated heterocycles. The van der Waals surface area contributed by atoms with Crippen LogP contribution in [0.2, 0.25) is 0 Å². The van der Waals surface area contributed by atoms with E-state index in [0.717, 1.165) is 28.7 Å². The highest BCUT2D eigenvalue weighted by Crippen LogP contribution is 2.24. The highest BCUT2D eigenvalue weighted by Gasteiger charge is 2.03. The van der Waals surface area contributed by atoms with E-state index < -0.39 is 0 Å². The first kappa shape index (κ1) is 14.1. The second kappa shape index (κ2) is 7.40. The third-order valence-corrected chi connectivity index (χ3v) is 2.35. The molecule has 0 amide bonds. The first-order chi connectivity index (χ1) is 7.70. The van der Waals surface area contributed by atoms with E-state index in [-0.39, 0.29) is 0 Å². The van der Waals surface area contributed by atoms with Crippen molar-refractivity contribution in [1.82, 2.24) is 0 Å². The van der Waals surface area contributed by atoms with Crippen molar-refractivity contribution < 1.29 is 14.3 Å². The first-order valence-corrected chi connectivity index (χ1v) is 4.75. The van der Waals surface area contributed by atoms with Gasteiger partial charge < -0.3 is 9.53 Å². The minimum atomic E-state index is 0.777. The number of hydrogen-bond donors (Lipinski definition) is 0. The van der Waals surface area contributed by atoms with Crippen molar-refractivity contribution in [3.8, 4) is 5.75 Å². The summed E-state index contributed by atoms with van der Waals surface area (Å²) in [6.07, 6.45) is 4.07. The second-order valence-electron chi connectivity index (χ2n) is 3.10. The summed E-state index contributed by atoms with van der Waals surface area (Å²) in [5, 5.41) is 0. The minimum Gasteiger partial charge on any atom is -0.496 e. The molecule has 1 aromatic carbocycles. The molecule has 3 nitrogen and oxygen atoms in total. The third-order valence-electron chi connectivity index (χ3n) is 2.35. The van der Waals surface area contributed by atoms with E-state index in [1.54, 1.807) is 13.2 Å². The SMILES string of the molecule is C=O.COc1ccc(C=CC=O)c(C)c1C. The molecule has 3 heteroatoms. The summed E-state index contributed by atoms with van der Waals surface area (Å²) in [6, 6.07) is 3.86. The molecule has 0 bridgehead atoms. The molecule has 86 valence electrons. The molecule has 1 rings (SSSR count). The van der Waals surface area contributed by atoms with Crippen LogP contribution < -0.4 is 4.74 Å². The predicted octanol–water partition coefficient (Wildman–Crippen LogP) is 2.34. The summed E-state index contributed by atoms with van der Waals surface area (Å²) in [5.74, 6) is 0.880. The van der Waals surface area contributed by atoms with Crippen molar-refractivity contribution in [2.24, 2.45) is 0 Å². The van der Waals surface area contributed by atoms with Crippen LogP contribution >= 0.6 is 0 Å². The predicted molar refractivity (Wildman–Crippen MR) is 64.7 cm³/mol. The van der Waals surface area contributed by atoms with Gasteiger partial charge in [0.15, 0.2) is 0 Å². The van der Waals surface area contributed by atoms with Crippen molar-refractivity contribution in [3.05, 3.63) is 34.9 Å². The second-order valence-corrected chi connectivity index (χ2v) is 3.10. The lowest BCUT2D eigenvalue weighted by Gasteiger charge is -2.09. The van der Waals surface area contributed by atoms with Crippen LogP contribution in [0.15, 0.2) is 18.2 Å². The molecule has 0 atom stereocenters. The fourth-order valence-electron chi connectivity index (χ4n) is 1.36. The summed E-state index contributed by atoms with van der Waals surface area (Å²) in [5.41, 5.74) is 3.30. The molecule has 0 saturated carbocycles. The quantitative estimate of drug-likeness (QED) is 0.580. The van der Waals surface area contributed by atoms with Crippen LogP contribution in [-0.4, -0.2) is 20.2 Å². The minimum absolute atomic E-state index is 0.777. The lowest BCUT2D eigenvalue weighted by molar-refractivity contribution is -0.104. The smallest absolute Gasteiger partial charge is 0.142 e. The maximum absolute atomic E-state index is 10.2. The number of methoxy groups -OCH3 is 1. The van der Waals surface area contributed by atoms with Gasteiger partial charge in [-0.25, -0.2) is 0 Å². The van der Waals surface area contributed by atoms with E-state index in [1.165, 1.54) is 6.08 Å². The van der Waals surface area contributed by atoms with E-state index >= 15 is 0 Å². The fraction of sp³-hybridized carbons (Fsp3) is 0.231. The van der Waals surface area contributed by atoms with Crippen LogP contribution in [0.1, 0.15) is 16.7 Å². The zero-order valence-corrected chi connectivity index (χ0v) is 9.82. The standard InChI is InChI=1S/C12H14O2.CH2O/c1-9-10(2)12(14-3)7-6-11(9)5-4-8-13;1-2/h4-8H,1-3H3;1H2. The van der Waals surface area contributed by atoms with Crippen molar-refractivity contribution in [2.75, 3.05) is 7.11 Å². The summed E-state index contributed by atoms with van der Waals surface area (Å²) in [7, 11) is 1.66. The fourth-order valence-corrected chi connectivity index (χ4v) is 1.36. The molecule has 0 fully saturated rings. The summed E-state index contributed by atoms with van der Waals surface area (Å²) in [4.78, 5) is 18.2.